The monoisotopic (exact) mass is 309 g/mol. The van der Waals surface area contributed by atoms with Crippen molar-refractivity contribution in [1.29, 1.82) is 0 Å². The van der Waals surface area contributed by atoms with Crippen LogP contribution in [0, 0.1) is 6.92 Å². The Morgan fingerprint density at radius 3 is 2.65 bits per heavy atom. The topological polar surface area (TPSA) is 69.6 Å². The van der Waals surface area contributed by atoms with Crippen LogP contribution in [0.25, 0.3) is 0 Å². The number of hydrogen-bond donors (Lipinski definition) is 0. The van der Waals surface area contributed by atoms with Gasteiger partial charge in [-0.1, -0.05) is 11.6 Å². The number of pyridine rings is 1. The number of rotatable bonds is 4. The van der Waals surface area contributed by atoms with Gasteiger partial charge < -0.3 is 4.52 Å². The van der Waals surface area contributed by atoms with E-state index in [-0.39, 0.29) is 5.41 Å². The van der Waals surface area contributed by atoms with Crippen LogP contribution in [0.2, 0.25) is 0 Å². The van der Waals surface area contributed by atoms with E-state index in [1.807, 2.05) is 37.2 Å². The van der Waals surface area contributed by atoms with Crippen molar-refractivity contribution >= 4 is 0 Å². The molecule has 0 spiro atoms. The highest BCUT2D eigenvalue weighted by Gasteiger charge is 2.44. The minimum Gasteiger partial charge on any atom is -0.339 e. The molecular weight excluding hydrogens is 290 g/mol. The van der Waals surface area contributed by atoms with E-state index in [1.165, 1.54) is 12.0 Å². The first-order chi connectivity index (χ1) is 11.2. The van der Waals surface area contributed by atoms with Crippen LogP contribution in [0.3, 0.4) is 0 Å². The molecule has 23 heavy (non-hydrogen) atoms. The lowest BCUT2D eigenvalue weighted by molar-refractivity contribution is 0.271. The van der Waals surface area contributed by atoms with E-state index in [2.05, 4.69) is 27.4 Å². The summed E-state index contributed by atoms with van der Waals surface area (Å²) in [5.74, 6) is 1.45. The Labute approximate surface area is 134 Å². The molecule has 1 aliphatic rings. The summed E-state index contributed by atoms with van der Waals surface area (Å²) >= 11 is 0. The fraction of sp³-hybridized carbons (Fsp3) is 0.412. The number of nitrogens with zero attached hydrogens (tertiary/aromatic N) is 5. The summed E-state index contributed by atoms with van der Waals surface area (Å²) in [6, 6.07) is 4.11. The lowest BCUT2D eigenvalue weighted by Gasteiger charge is -2.39. The van der Waals surface area contributed by atoms with Gasteiger partial charge in [-0.05, 0) is 37.5 Å². The van der Waals surface area contributed by atoms with Crippen LogP contribution in [0.4, 0.5) is 0 Å². The number of aryl methyl sites for hydroxylation is 2. The molecule has 0 atom stereocenters. The van der Waals surface area contributed by atoms with Gasteiger partial charge in [-0.3, -0.25) is 9.67 Å². The van der Waals surface area contributed by atoms with Crippen LogP contribution < -0.4 is 0 Å². The third-order valence-corrected chi connectivity index (χ3v) is 4.79. The van der Waals surface area contributed by atoms with E-state index in [0.29, 0.717) is 12.3 Å². The second-order valence-corrected chi connectivity index (χ2v) is 6.27. The van der Waals surface area contributed by atoms with Crippen molar-refractivity contribution in [3.8, 4) is 0 Å². The molecule has 0 N–H and O–H groups in total. The normalized spacial score (nSPS) is 16.3. The van der Waals surface area contributed by atoms with Gasteiger partial charge >= 0.3 is 0 Å². The van der Waals surface area contributed by atoms with Crippen LogP contribution in [0.5, 0.6) is 0 Å². The van der Waals surface area contributed by atoms with E-state index >= 15 is 0 Å². The van der Waals surface area contributed by atoms with E-state index in [9.17, 15) is 0 Å². The molecule has 0 amide bonds. The molecule has 118 valence electrons. The average molecular weight is 309 g/mol. The zero-order valence-electron chi connectivity index (χ0n) is 13.4. The van der Waals surface area contributed by atoms with Crippen molar-refractivity contribution in [2.24, 2.45) is 7.05 Å². The van der Waals surface area contributed by atoms with Gasteiger partial charge in [-0.25, -0.2) is 0 Å². The van der Waals surface area contributed by atoms with Crippen molar-refractivity contribution in [2.45, 2.75) is 38.0 Å². The molecule has 0 unspecified atom stereocenters. The highest BCUT2D eigenvalue weighted by molar-refractivity contribution is 5.34. The van der Waals surface area contributed by atoms with Gasteiger partial charge in [-0.15, -0.1) is 0 Å². The van der Waals surface area contributed by atoms with Crippen LogP contribution in [-0.4, -0.2) is 24.9 Å². The summed E-state index contributed by atoms with van der Waals surface area (Å²) < 4.78 is 7.33. The summed E-state index contributed by atoms with van der Waals surface area (Å²) in [6.45, 7) is 2.00. The zero-order valence-corrected chi connectivity index (χ0v) is 13.4. The third kappa shape index (κ3) is 2.34. The van der Waals surface area contributed by atoms with Crippen molar-refractivity contribution < 1.29 is 4.52 Å². The van der Waals surface area contributed by atoms with Crippen LogP contribution in [0.15, 0.2) is 35.2 Å². The first kappa shape index (κ1) is 14.1. The van der Waals surface area contributed by atoms with Crippen molar-refractivity contribution in [3.63, 3.8) is 0 Å². The Bertz CT molecular complexity index is 817. The van der Waals surface area contributed by atoms with Crippen molar-refractivity contribution in [3.05, 3.63) is 59.3 Å². The average Bonchev–Trinajstić information content (AvgIpc) is 3.07. The predicted octanol–water partition coefficient (Wildman–Crippen LogP) is 2.57. The molecule has 1 saturated carbocycles. The Morgan fingerprint density at radius 1 is 1.26 bits per heavy atom. The van der Waals surface area contributed by atoms with Gasteiger partial charge in [0, 0.05) is 31.2 Å². The maximum atomic E-state index is 5.52. The lowest BCUT2D eigenvalue weighted by atomic mass is 9.64. The molecule has 6 heteroatoms. The molecule has 3 heterocycles. The SMILES string of the molecule is Cc1nn(C)cc1Cc1nc(C2(c3ccncc3)CCC2)no1. The smallest absolute Gasteiger partial charge is 0.231 e. The van der Waals surface area contributed by atoms with Crippen LogP contribution >= 0.6 is 0 Å². The maximum Gasteiger partial charge on any atom is 0.231 e. The Hall–Kier alpha value is -2.50. The second-order valence-electron chi connectivity index (χ2n) is 6.27. The third-order valence-electron chi connectivity index (χ3n) is 4.79. The summed E-state index contributed by atoms with van der Waals surface area (Å²) in [6.07, 6.45) is 9.59. The summed E-state index contributed by atoms with van der Waals surface area (Å²) in [7, 11) is 1.92. The molecule has 0 saturated heterocycles. The number of hydrogen-bond acceptors (Lipinski definition) is 5. The minimum absolute atomic E-state index is 0.103. The summed E-state index contributed by atoms with van der Waals surface area (Å²) in [4.78, 5) is 8.80. The summed E-state index contributed by atoms with van der Waals surface area (Å²) in [5, 5.41) is 8.64. The second kappa shape index (κ2) is 5.30. The fourth-order valence-electron chi connectivity index (χ4n) is 3.35. The van der Waals surface area contributed by atoms with Crippen LogP contribution in [-0.2, 0) is 18.9 Å². The van der Waals surface area contributed by atoms with Gasteiger partial charge in [0.05, 0.1) is 17.5 Å². The van der Waals surface area contributed by atoms with Gasteiger partial charge in [-0.2, -0.15) is 10.1 Å². The van der Waals surface area contributed by atoms with Crippen molar-refractivity contribution in [2.75, 3.05) is 0 Å². The molecule has 3 aromatic heterocycles. The highest BCUT2D eigenvalue weighted by atomic mass is 16.5. The van der Waals surface area contributed by atoms with Gasteiger partial charge in [0.2, 0.25) is 5.89 Å². The molecule has 6 nitrogen and oxygen atoms in total. The highest BCUT2D eigenvalue weighted by Crippen LogP contribution is 2.47. The first-order valence-electron chi connectivity index (χ1n) is 7.90. The Kier molecular flexibility index (Phi) is 3.25. The molecule has 1 fully saturated rings. The van der Waals surface area contributed by atoms with Gasteiger partial charge in [0.25, 0.3) is 0 Å². The molecule has 0 radical (unpaired) electrons. The van der Waals surface area contributed by atoms with E-state index in [1.54, 1.807) is 0 Å². The maximum absolute atomic E-state index is 5.52. The van der Waals surface area contributed by atoms with E-state index in [4.69, 9.17) is 9.51 Å². The fourth-order valence-corrected chi connectivity index (χ4v) is 3.35. The Balaban J connectivity index is 1.63. The Morgan fingerprint density at radius 2 is 2.04 bits per heavy atom. The summed E-state index contributed by atoms with van der Waals surface area (Å²) in [5.41, 5.74) is 3.24. The zero-order chi connectivity index (χ0) is 15.9. The molecule has 0 bridgehead atoms. The molecule has 0 aromatic carbocycles. The predicted molar refractivity (Wildman–Crippen MR) is 83.9 cm³/mol. The molecular formula is C17H19N5O. The standard InChI is InChI=1S/C17H19N5O/c1-12-13(11-22(2)20-12)10-15-19-16(21-23-15)17(6-3-7-17)14-4-8-18-9-5-14/h4-5,8-9,11H,3,6-7,10H2,1-2H3. The number of aromatic nitrogens is 5. The largest absolute Gasteiger partial charge is 0.339 e. The quantitative estimate of drug-likeness (QED) is 0.741. The molecule has 4 rings (SSSR count). The lowest BCUT2D eigenvalue weighted by Crippen LogP contribution is -2.36. The van der Waals surface area contributed by atoms with Crippen LogP contribution in [0.1, 0.15) is 47.8 Å². The van der Waals surface area contributed by atoms with Gasteiger partial charge in [0.1, 0.15) is 0 Å². The first-order valence-corrected chi connectivity index (χ1v) is 7.90. The molecule has 1 aliphatic carbocycles. The minimum atomic E-state index is -0.103. The molecule has 3 aromatic rings. The van der Waals surface area contributed by atoms with Crippen molar-refractivity contribution in [1.82, 2.24) is 24.9 Å². The molecule has 0 aliphatic heterocycles. The van der Waals surface area contributed by atoms with E-state index < -0.39 is 0 Å². The van der Waals surface area contributed by atoms with E-state index in [0.717, 1.165) is 29.9 Å². The van der Waals surface area contributed by atoms with Gasteiger partial charge in [0.15, 0.2) is 5.82 Å².